The van der Waals surface area contributed by atoms with Gasteiger partial charge in [-0.2, -0.15) is 3.89 Å². The Morgan fingerprint density at radius 3 is 2.70 bits per heavy atom. The zero-order chi connectivity index (χ0) is 7.56. The van der Waals surface area contributed by atoms with Gasteiger partial charge in [0.05, 0.1) is 17.0 Å². The molecule has 10 heavy (non-hydrogen) atoms. The second kappa shape index (κ2) is 2.92. The molecule has 0 aliphatic rings. The topological polar surface area (TPSA) is 20.2 Å². The molecule has 0 unspecified atom stereocenters. The van der Waals surface area contributed by atoms with Gasteiger partial charge in [-0.1, -0.05) is 6.07 Å². The lowest BCUT2D eigenvalue weighted by molar-refractivity contribution is 0.461. The lowest BCUT2D eigenvalue weighted by Crippen LogP contribution is -1.73. The largest absolute Gasteiger partial charge is 0.507 e. The fourth-order valence-corrected chi connectivity index (χ4v) is 1.06. The minimum atomic E-state index is -0.00176. The third-order valence-electron chi connectivity index (χ3n) is 1.20. The fourth-order valence-electron chi connectivity index (χ4n) is 0.683. The molecule has 0 saturated carbocycles. The maximum atomic E-state index is 11.9. The van der Waals surface area contributed by atoms with E-state index in [0.29, 0.717) is 0 Å². The first-order valence-corrected chi connectivity index (χ1v) is 3.54. The van der Waals surface area contributed by atoms with Gasteiger partial charge in [-0.05, 0) is 24.6 Å². The van der Waals surface area contributed by atoms with Gasteiger partial charge in [-0.25, -0.2) is 0 Å². The van der Waals surface area contributed by atoms with E-state index < -0.39 is 0 Å². The molecule has 0 aromatic heterocycles. The van der Waals surface area contributed by atoms with Gasteiger partial charge in [0.2, 0.25) is 0 Å². The van der Waals surface area contributed by atoms with E-state index in [0.717, 1.165) is 5.56 Å². The molecular weight excluding hydrogens is 151 g/mol. The second-order valence-corrected chi connectivity index (χ2v) is 2.64. The summed E-state index contributed by atoms with van der Waals surface area (Å²) in [5.74, 6) is -0.00176. The average Bonchev–Trinajstić information content (AvgIpc) is 1.94. The smallest absolute Gasteiger partial charge is 0.131 e. The standard InChI is InChI=1S/C7H7FOS/c1-5-2-3-6(9)7(4-5)10-8/h2-4,9H,1H3. The molecule has 0 amide bonds. The number of aromatic hydroxyl groups is 1. The molecule has 0 spiro atoms. The predicted octanol–water partition coefficient (Wildman–Crippen LogP) is 2.68. The maximum absolute atomic E-state index is 11.9. The van der Waals surface area contributed by atoms with Gasteiger partial charge >= 0.3 is 0 Å². The van der Waals surface area contributed by atoms with Crippen LogP contribution in [-0.4, -0.2) is 5.11 Å². The van der Waals surface area contributed by atoms with Gasteiger partial charge < -0.3 is 5.11 Å². The molecule has 1 N–H and O–H groups in total. The molecule has 3 heteroatoms. The van der Waals surface area contributed by atoms with Crippen LogP contribution in [0.3, 0.4) is 0 Å². The third kappa shape index (κ3) is 1.42. The van der Waals surface area contributed by atoms with Gasteiger partial charge in [0, 0.05) is 0 Å². The van der Waals surface area contributed by atoms with Gasteiger partial charge in [0.25, 0.3) is 0 Å². The van der Waals surface area contributed by atoms with E-state index in [2.05, 4.69) is 0 Å². The molecule has 0 radical (unpaired) electrons. The zero-order valence-electron chi connectivity index (χ0n) is 5.47. The lowest BCUT2D eigenvalue weighted by Gasteiger charge is -1.97. The molecule has 0 fully saturated rings. The molecule has 0 saturated heterocycles. The lowest BCUT2D eigenvalue weighted by atomic mass is 10.2. The summed E-state index contributed by atoms with van der Waals surface area (Å²) in [5, 5.41) is 8.97. The number of benzene rings is 1. The zero-order valence-corrected chi connectivity index (χ0v) is 6.28. The highest BCUT2D eigenvalue weighted by Gasteiger charge is 1.99. The van der Waals surface area contributed by atoms with Crippen molar-refractivity contribution in [1.29, 1.82) is 0 Å². The van der Waals surface area contributed by atoms with Crippen LogP contribution in [0.4, 0.5) is 3.89 Å². The van der Waals surface area contributed by atoms with E-state index in [1.165, 1.54) is 6.07 Å². The van der Waals surface area contributed by atoms with Crippen LogP contribution in [0.5, 0.6) is 5.75 Å². The Balaban J connectivity index is 3.09. The first-order valence-electron chi connectivity index (χ1n) is 2.82. The highest BCUT2D eigenvalue weighted by Crippen LogP contribution is 2.29. The Bertz CT molecular complexity index is 237. The van der Waals surface area contributed by atoms with E-state index >= 15 is 0 Å². The summed E-state index contributed by atoms with van der Waals surface area (Å²) in [6.07, 6.45) is 0. The first-order chi connectivity index (χ1) is 4.74. The van der Waals surface area contributed by atoms with Crippen molar-refractivity contribution < 1.29 is 8.99 Å². The van der Waals surface area contributed by atoms with E-state index in [-0.39, 0.29) is 22.8 Å². The van der Waals surface area contributed by atoms with Crippen molar-refractivity contribution >= 4 is 12.1 Å². The van der Waals surface area contributed by atoms with Gasteiger partial charge in [0.15, 0.2) is 0 Å². The van der Waals surface area contributed by atoms with Crippen molar-refractivity contribution in [3.63, 3.8) is 0 Å². The van der Waals surface area contributed by atoms with Crippen LogP contribution >= 0.6 is 12.1 Å². The SMILES string of the molecule is Cc1ccc(O)c(SF)c1. The highest BCUT2D eigenvalue weighted by atomic mass is 32.2. The van der Waals surface area contributed by atoms with Crippen LogP contribution in [0.2, 0.25) is 0 Å². The van der Waals surface area contributed by atoms with Crippen LogP contribution < -0.4 is 0 Å². The quantitative estimate of drug-likeness (QED) is 0.678. The Hall–Kier alpha value is -0.700. The Labute approximate surface area is 63.2 Å². The number of aryl methyl sites for hydroxylation is 1. The normalized spacial score (nSPS) is 9.80. The average molecular weight is 158 g/mol. The van der Waals surface area contributed by atoms with Crippen molar-refractivity contribution in [2.24, 2.45) is 0 Å². The molecule has 54 valence electrons. The van der Waals surface area contributed by atoms with Gasteiger partial charge in [-0.15, -0.1) is 0 Å². The minimum Gasteiger partial charge on any atom is -0.507 e. The van der Waals surface area contributed by atoms with Crippen molar-refractivity contribution in [1.82, 2.24) is 0 Å². The number of hydrogen-bond donors (Lipinski definition) is 1. The Kier molecular flexibility index (Phi) is 2.17. The fraction of sp³-hybridized carbons (Fsp3) is 0.143. The molecule has 0 bridgehead atoms. The molecule has 1 rings (SSSR count). The summed E-state index contributed by atoms with van der Waals surface area (Å²) in [6.45, 7) is 1.85. The third-order valence-corrected chi connectivity index (χ3v) is 1.69. The van der Waals surface area contributed by atoms with Crippen molar-refractivity contribution in [3.8, 4) is 5.75 Å². The Morgan fingerprint density at radius 2 is 2.20 bits per heavy atom. The molecule has 1 aromatic rings. The van der Waals surface area contributed by atoms with Gasteiger partial charge in [-0.3, -0.25) is 0 Å². The number of phenols is 1. The summed E-state index contributed by atoms with van der Waals surface area (Å²) in [4.78, 5) is 0.278. The van der Waals surface area contributed by atoms with Crippen LogP contribution in [-0.2, 0) is 0 Å². The number of halogens is 1. The monoisotopic (exact) mass is 158 g/mol. The van der Waals surface area contributed by atoms with Crippen LogP contribution in [0.1, 0.15) is 5.56 Å². The molecular formula is C7H7FOS. The molecule has 0 aliphatic carbocycles. The minimum absolute atomic E-state index is 0.00176. The number of rotatable bonds is 1. The summed E-state index contributed by atoms with van der Waals surface area (Å²) in [7, 11) is 0. The summed E-state index contributed by atoms with van der Waals surface area (Å²) in [6, 6.07) is 4.81. The second-order valence-electron chi connectivity index (χ2n) is 2.05. The molecule has 1 aromatic carbocycles. The van der Waals surface area contributed by atoms with E-state index in [1.807, 2.05) is 6.92 Å². The molecule has 1 nitrogen and oxygen atoms in total. The van der Waals surface area contributed by atoms with E-state index in [1.54, 1.807) is 12.1 Å². The molecule has 0 aliphatic heterocycles. The first kappa shape index (κ1) is 7.41. The predicted molar refractivity (Wildman–Crippen MR) is 39.8 cm³/mol. The maximum Gasteiger partial charge on any atom is 0.131 e. The summed E-state index contributed by atoms with van der Waals surface area (Å²) in [5.41, 5.74) is 0.943. The van der Waals surface area contributed by atoms with E-state index in [4.69, 9.17) is 5.11 Å². The van der Waals surface area contributed by atoms with Gasteiger partial charge in [0.1, 0.15) is 5.75 Å². The van der Waals surface area contributed by atoms with Crippen molar-refractivity contribution in [3.05, 3.63) is 23.8 Å². The van der Waals surface area contributed by atoms with Crippen LogP contribution in [0, 0.1) is 6.92 Å². The molecule has 0 heterocycles. The van der Waals surface area contributed by atoms with E-state index in [9.17, 15) is 3.89 Å². The highest BCUT2D eigenvalue weighted by molar-refractivity contribution is 7.94. The van der Waals surface area contributed by atoms with Crippen molar-refractivity contribution in [2.75, 3.05) is 0 Å². The summed E-state index contributed by atoms with van der Waals surface area (Å²) < 4.78 is 11.9. The van der Waals surface area contributed by atoms with Crippen molar-refractivity contribution in [2.45, 2.75) is 11.8 Å². The number of phenolic OH excluding ortho intramolecular Hbond substituents is 1. The number of hydrogen-bond acceptors (Lipinski definition) is 2. The summed E-state index contributed by atoms with van der Waals surface area (Å²) >= 11 is 0.0596. The molecule has 0 atom stereocenters. The van der Waals surface area contributed by atoms with Crippen LogP contribution in [0.25, 0.3) is 0 Å². The van der Waals surface area contributed by atoms with Crippen LogP contribution in [0.15, 0.2) is 23.1 Å². The Morgan fingerprint density at radius 1 is 1.50 bits per heavy atom.